The smallest absolute Gasteiger partial charge is 0.286 e. The van der Waals surface area contributed by atoms with Gasteiger partial charge in [-0.25, -0.2) is 4.98 Å². The van der Waals surface area contributed by atoms with E-state index >= 15 is 0 Å². The summed E-state index contributed by atoms with van der Waals surface area (Å²) in [5.74, 6) is 0.537. The first-order chi connectivity index (χ1) is 15.9. The van der Waals surface area contributed by atoms with Gasteiger partial charge in [-0.05, 0) is 50.7 Å². The Bertz CT molecular complexity index is 1230. The van der Waals surface area contributed by atoms with Gasteiger partial charge in [-0.1, -0.05) is 0 Å². The highest BCUT2D eigenvalue weighted by Crippen LogP contribution is 2.38. The lowest BCUT2D eigenvalue weighted by atomic mass is 10.1. The maximum Gasteiger partial charge on any atom is 0.286 e. The molecular weight excluding hydrogens is 424 g/mol. The van der Waals surface area contributed by atoms with Gasteiger partial charge in [0.1, 0.15) is 11.4 Å². The van der Waals surface area contributed by atoms with E-state index in [0.29, 0.717) is 23.6 Å². The summed E-state index contributed by atoms with van der Waals surface area (Å²) in [4.78, 5) is 32.3. The summed E-state index contributed by atoms with van der Waals surface area (Å²) in [7, 11) is 1.74. The van der Waals surface area contributed by atoms with E-state index in [2.05, 4.69) is 10.2 Å². The predicted octanol–water partition coefficient (Wildman–Crippen LogP) is 2.45. The van der Waals surface area contributed by atoms with E-state index in [1.165, 1.54) is 12.3 Å². The number of likely N-dealkylation sites (N-methyl/N-ethyl adjacent to an activating group) is 1. The van der Waals surface area contributed by atoms with Crippen LogP contribution < -0.4 is 15.0 Å². The lowest BCUT2D eigenvalue weighted by Crippen LogP contribution is -2.41. The molecule has 2 aromatic heterocycles. The second-order valence-corrected chi connectivity index (χ2v) is 8.50. The molecule has 5 rings (SSSR count). The predicted molar refractivity (Wildman–Crippen MR) is 124 cm³/mol. The summed E-state index contributed by atoms with van der Waals surface area (Å²) in [5, 5.41) is 14.8. The van der Waals surface area contributed by atoms with Gasteiger partial charge in [-0.3, -0.25) is 24.2 Å². The molecule has 4 heterocycles. The summed E-state index contributed by atoms with van der Waals surface area (Å²) in [6, 6.07) is 8.84. The number of ether oxygens (including phenoxy) is 1. The molecule has 1 aromatic carbocycles. The van der Waals surface area contributed by atoms with E-state index < -0.39 is 11.0 Å². The normalized spacial score (nSPS) is 19.3. The number of hydrogen-bond acceptors (Lipinski definition) is 7. The molecule has 10 heteroatoms. The van der Waals surface area contributed by atoms with Crippen molar-refractivity contribution in [3.63, 3.8) is 0 Å². The van der Waals surface area contributed by atoms with Gasteiger partial charge in [-0.15, -0.1) is 0 Å². The van der Waals surface area contributed by atoms with E-state index in [1.54, 1.807) is 24.9 Å². The summed E-state index contributed by atoms with van der Waals surface area (Å²) in [5.41, 5.74) is 3.81. The Morgan fingerprint density at radius 1 is 1.24 bits per heavy atom. The van der Waals surface area contributed by atoms with Crippen LogP contribution in [0.15, 0.2) is 36.5 Å². The highest BCUT2D eigenvalue weighted by atomic mass is 16.6. The molecule has 172 valence electrons. The van der Waals surface area contributed by atoms with E-state index in [1.807, 2.05) is 22.6 Å². The number of nitro groups is 1. The van der Waals surface area contributed by atoms with Crippen molar-refractivity contribution in [2.24, 2.45) is 0 Å². The number of nitrogens with zero attached hydrogens (tertiary/aromatic N) is 5. The zero-order valence-electron chi connectivity index (χ0n) is 18.7. The summed E-state index contributed by atoms with van der Waals surface area (Å²) < 4.78 is 7.58. The van der Waals surface area contributed by atoms with Crippen LogP contribution in [0.3, 0.4) is 0 Å². The Balaban J connectivity index is 1.63. The number of aromatic nitrogens is 2. The van der Waals surface area contributed by atoms with Gasteiger partial charge in [0.15, 0.2) is 6.10 Å². The van der Waals surface area contributed by atoms with Crippen LogP contribution in [0.1, 0.15) is 19.0 Å². The molecule has 1 N–H and O–H groups in total. The van der Waals surface area contributed by atoms with Crippen LogP contribution in [0.2, 0.25) is 0 Å². The zero-order chi connectivity index (χ0) is 23.1. The molecule has 33 heavy (non-hydrogen) atoms. The molecule has 1 saturated heterocycles. The second-order valence-electron chi connectivity index (χ2n) is 8.50. The van der Waals surface area contributed by atoms with Crippen molar-refractivity contribution in [3.8, 4) is 17.0 Å². The van der Waals surface area contributed by atoms with Gasteiger partial charge >= 0.3 is 0 Å². The van der Waals surface area contributed by atoms with Crippen molar-refractivity contribution < 1.29 is 14.5 Å². The van der Waals surface area contributed by atoms with Crippen molar-refractivity contribution in [1.82, 2.24) is 19.6 Å². The number of rotatable bonds is 4. The standard InChI is InChI=1S/C23H26N6O4/c1-15-23(30)26(2)18-12-16(4-6-20(18)33-15)22-19(14-27-10-3-8-24-9-11-27)28-13-17(29(31)32)5-7-21(28)25-22/h4-7,12-13,15,24H,3,8-11,14H2,1-2H3. The van der Waals surface area contributed by atoms with Gasteiger partial charge in [0.2, 0.25) is 0 Å². The van der Waals surface area contributed by atoms with Crippen LogP contribution in [-0.2, 0) is 11.3 Å². The van der Waals surface area contributed by atoms with E-state index in [0.717, 1.165) is 49.6 Å². The topological polar surface area (TPSA) is 105 Å². The van der Waals surface area contributed by atoms with Gasteiger partial charge in [0.05, 0.1) is 28.2 Å². The van der Waals surface area contributed by atoms with Crippen molar-refractivity contribution in [3.05, 3.63) is 52.3 Å². The molecule has 10 nitrogen and oxygen atoms in total. The number of pyridine rings is 1. The van der Waals surface area contributed by atoms with Crippen molar-refractivity contribution >= 4 is 22.9 Å². The number of fused-ring (bicyclic) bond motifs is 2. The summed E-state index contributed by atoms with van der Waals surface area (Å²) >= 11 is 0. The number of amides is 1. The molecule has 0 aliphatic carbocycles. The van der Waals surface area contributed by atoms with Crippen molar-refractivity contribution in [2.45, 2.75) is 26.0 Å². The lowest BCUT2D eigenvalue weighted by Gasteiger charge is -2.30. The summed E-state index contributed by atoms with van der Waals surface area (Å²) in [6.07, 6.45) is 2.04. The van der Waals surface area contributed by atoms with Crippen LogP contribution in [0, 0.1) is 10.1 Å². The third kappa shape index (κ3) is 3.91. The van der Waals surface area contributed by atoms with Crippen LogP contribution in [0.4, 0.5) is 11.4 Å². The third-order valence-corrected chi connectivity index (χ3v) is 6.29. The lowest BCUT2D eigenvalue weighted by molar-refractivity contribution is -0.385. The second kappa shape index (κ2) is 8.45. The zero-order valence-corrected chi connectivity index (χ0v) is 18.7. The molecular formula is C23H26N6O4. The Morgan fingerprint density at radius 3 is 2.91 bits per heavy atom. The average Bonchev–Trinajstić information content (AvgIpc) is 2.96. The Labute approximate surface area is 190 Å². The number of nitrogens with one attached hydrogen (secondary N) is 1. The van der Waals surface area contributed by atoms with Crippen LogP contribution in [0.5, 0.6) is 5.75 Å². The van der Waals surface area contributed by atoms with E-state index in [-0.39, 0.29) is 11.6 Å². The third-order valence-electron chi connectivity index (χ3n) is 6.29. The number of carbonyl (C=O) groups excluding carboxylic acids is 1. The molecule has 2 aliphatic heterocycles. The average molecular weight is 450 g/mol. The SMILES string of the molecule is CC1Oc2ccc(-c3nc4ccc([N+](=O)[O-])cn4c3CN3CCCNCC3)cc2N(C)C1=O. The minimum absolute atomic E-state index is 0.0170. The Kier molecular flexibility index (Phi) is 5.47. The number of anilines is 1. The Hall–Kier alpha value is -3.50. The van der Waals surface area contributed by atoms with E-state index in [9.17, 15) is 14.9 Å². The van der Waals surface area contributed by atoms with Crippen LogP contribution in [-0.4, -0.2) is 64.4 Å². The van der Waals surface area contributed by atoms with Gasteiger partial charge in [-0.2, -0.15) is 0 Å². The molecule has 1 fully saturated rings. The molecule has 0 bridgehead atoms. The number of imidazole rings is 1. The van der Waals surface area contributed by atoms with Crippen LogP contribution in [0.25, 0.3) is 16.9 Å². The van der Waals surface area contributed by atoms with Gasteiger partial charge < -0.3 is 15.0 Å². The molecule has 0 saturated carbocycles. The fourth-order valence-corrected chi connectivity index (χ4v) is 4.50. The van der Waals surface area contributed by atoms with Crippen molar-refractivity contribution in [2.75, 3.05) is 38.1 Å². The van der Waals surface area contributed by atoms with Gasteiger partial charge in [0.25, 0.3) is 11.6 Å². The van der Waals surface area contributed by atoms with E-state index in [4.69, 9.17) is 9.72 Å². The van der Waals surface area contributed by atoms with Gasteiger partial charge in [0, 0.05) is 38.3 Å². The monoisotopic (exact) mass is 450 g/mol. The quantitative estimate of drug-likeness (QED) is 0.481. The fraction of sp³-hybridized carbons (Fsp3) is 0.391. The van der Waals surface area contributed by atoms with Crippen molar-refractivity contribution in [1.29, 1.82) is 0 Å². The molecule has 2 aliphatic rings. The minimum atomic E-state index is -0.531. The Morgan fingerprint density at radius 2 is 2.09 bits per heavy atom. The molecule has 0 spiro atoms. The maximum atomic E-state index is 12.4. The maximum absolute atomic E-state index is 12.4. The molecule has 1 amide bonds. The summed E-state index contributed by atoms with van der Waals surface area (Å²) in [6.45, 7) is 6.03. The molecule has 1 atom stereocenters. The highest BCUT2D eigenvalue weighted by Gasteiger charge is 2.30. The first-order valence-corrected chi connectivity index (χ1v) is 11.1. The number of hydrogen-bond donors (Lipinski definition) is 1. The first-order valence-electron chi connectivity index (χ1n) is 11.1. The number of benzene rings is 1. The fourth-order valence-electron chi connectivity index (χ4n) is 4.50. The first kappa shape index (κ1) is 21.4. The minimum Gasteiger partial charge on any atom is -0.479 e. The molecule has 3 aromatic rings. The molecule has 0 radical (unpaired) electrons. The molecule has 1 unspecified atom stereocenters. The largest absolute Gasteiger partial charge is 0.479 e. The number of carbonyl (C=O) groups is 1. The highest BCUT2D eigenvalue weighted by molar-refractivity contribution is 6.00. The van der Waals surface area contributed by atoms with Crippen LogP contribution >= 0.6 is 0 Å².